The van der Waals surface area contributed by atoms with Gasteiger partial charge in [-0.15, -0.1) is 0 Å². The zero-order valence-corrected chi connectivity index (χ0v) is 7.46. The van der Waals surface area contributed by atoms with Gasteiger partial charge in [0.2, 0.25) is 5.91 Å². The molecule has 3 atom stereocenters. The maximum absolute atomic E-state index is 11.4. The Morgan fingerprint density at radius 3 is 2.36 bits per heavy atom. The van der Waals surface area contributed by atoms with Gasteiger partial charge < -0.3 is 16.0 Å². The SMILES string of the molecule is CC1NC(=O)NC2NC(=O)NC(=O)C12. The van der Waals surface area contributed by atoms with Gasteiger partial charge in [0.15, 0.2) is 0 Å². The molecule has 0 bridgehead atoms. The number of carbonyl (C=O) groups is 3. The fourth-order valence-corrected chi connectivity index (χ4v) is 1.73. The van der Waals surface area contributed by atoms with Gasteiger partial charge in [-0.3, -0.25) is 10.1 Å². The molecule has 4 N–H and O–H groups in total. The first kappa shape index (κ1) is 8.79. The molecule has 2 rings (SSSR count). The first-order chi connectivity index (χ1) is 6.58. The van der Waals surface area contributed by atoms with E-state index in [9.17, 15) is 14.4 Å². The molecule has 2 saturated heterocycles. The van der Waals surface area contributed by atoms with E-state index < -0.39 is 18.1 Å². The Labute approximate surface area is 79.6 Å². The van der Waals surface area contributed by atoms with Gasteiger partial charge in [-0.25, -0.2) is 9.59 Å². The second-order valence-electron chi connectivity index (χ2n) is 3.37. The van der Waals surface area contributed by atoms with Crippen molar-refractivity contribution in [1.29, 1.82) is 0 Å². The number of amides is 5. The molecule has 0 saturated carbocycles. The minimum absolute atomic E-state index is 0.297. The lowest BCUT2D eigenvalue weighted by molar-refractivity contribution is -0.127. The van der Waals surface area contributed by atoms with Crippen molar-refractivity contribution >= 4 is 18.0 Å². The van der Waals surface area contributed by atoms with Gasteiger partial charge in [0, 0.05) is 6.04 Å². The van der Waals surface area contributed by atoms with Crippen molar-refractivity contribution in [3.8, 4) is 0 Å². The van der Waals surface area contributed by atoms with E-state index in [2.05, 4.69) is 21.3 Å². The van der Waals surface area contributed by atoms with Crippen LogP contribution in [-0.4, -0.2) is 30.2 Å². The lowest BCUT2D eigenvalue weighted by atomic mass is 9.93. The van der Waals surface area contributed by atoms with Crippen molar-refractivity contribution in [2.75, 3.05) is 0 Å². The van der Waals surface area contributed by atoms with Gasteiger partial charge >= 0.3 is 12.1 Å². The monoisotopic (exact) mass is 198 g/mol. The van der Waals surface area contributed by atoms with Crippen LogP contribution in [0, 0.1) is 5.92 Å². The molecule has 3 unspecified atom stereocenters. The van der Waals surface area contributed by atoms with Crippen molar-refractivity contribution in [2.24, 2.45) is 5.92 Å². The summed E-state index contributed by atoms with van der Waals surface area (Å²) in [4.78, 5) is 33.4. The van der Waals surface area contributed by atoms with E-state index in [4.69, 9.17) is 0 Å². The molecular formula is C7H10N4O3. The summed E-state index contributed by atoms with van der Waals surface area (Å²) >= 11 is 0. The number of hydrogen-bond donors (Lipinski definition) is 4. The number of carbonyl (C=O) groups excluding carboxylic acids is 3. The summed E-state index contributed by atoms with van der Waals surface area (Å²) in [6.07, 6.45) is -0.611. The fraction of sp³-hybridized carbons (Fsp3) is 0.571. The summed E-state index contributed by atoms with van der Waals surface area (Å²) in [7, 11) is 0. The second kappa shape index (κ2) is 2.86. The molecule has 76 valence electrons. The predicted octanol–water partition coefficient (Wildman–Crippen LogP) is -1.53. The molecule has 0 aromatic carbocycles. The van der Waals surface area contributed by atoms with Gasteiger partial charge in [0.05, 0.1) is 5.92 Å². The lowest BCUT2D eigenvalue weighted by Gasteiger charge is -2.39. The Balaban J connectivity index is 2.22. The summed E-state index contributed by atoms with van der Waals surface area (Å²) in [5.74, 6) is -0.843. The molecule has 2 aliphatic heterocycles. The van der Waals surface area contributed by atoms with Crippen LogP contribution in [0.5, 0.6) is 0 Å². The number of hydrogen-bond acceptors (Lipinski definition) is 3. The molecule has 0 aromatic rings. The third kappa shape index (κ3) is 1.26. The highest BCUT2D eigenvalue weighted by Crippen LogP contribution is 2.14. The Morgan fingerprint density at radius 2 is 1.64 bits per heavy atom. The van der Waals surface area contributed by atoms with Crippen LogP contribution in [0.4, 0.5) is 9.59 Å². The fourth-order valence-electron chi connectivity index (χ4n) is 1.73. The van der Waals surface area contributed by atoms with Crippen molar-refractivity contribution in [2.45, 2.75) is 19.1 Å². The molecule has 0 spiro atoms. The predicted molar refractivity (Wildman–Crippen MR) is 45.1 cm³/mol. The zero-order chi connectivity index (χ0) is 10.3. The van der Waals surface area contributed by atoms with E-state index in [1.54, 1.807) is 6.92 Å². The molecule has 14 heavy (non-hydrogen) atoms. The highest BCUT2D eigenvalue weighted by atomic mass is 16.2. The molecule has 7 heteroatoms. The van der Waals surface area contributed by atoms with Gasteiger partial charge in [-0.1, -0.05) is 0 Å². The number of nitrogens with one attached hydrogen (secondary N) is 4. The summed E-state index contributed by atoms with van der Waals surface area (Å²) in [6.45, 7) is 1.72. The maximum atomic E-state index is 11.4. The van der Waals surface area contributed by atoms with Crippen LogP contribution in [0.15, 0.2) is 0 Å². The second-order valence-corrected chi connectivity index (χ2v) is 3.37. The van der Waals surface area contributed by atoms with Crippen LogP contribution >= 0.6 is 0 Å². The summed E-state index contributed by atoms with van der Waals surface area (Å²) in [5.41, 5.74) is 0. The van der Waals surface area contributed by atoms with Crippen LogP contribution in [0.1, 0.15) is 6.92 Å². The van der Waals surface area contributed by atoms with E-state index in [0.717, 1.165) is 0 Å². The molecule has 2 fully saturated rings. The Kier molecular flexibility index (Phi) is 1.80. The minimum Gasteiger partial charge on any atom is -0.335 e. The first-order valence-corrected chi connectivity index (χ1v) is 4.26. The minimum atomic E-state index is -0.611. The summed E-state index contributed by atoms with van der Waals surface area (Å²) in [5, 5.41) is 9.64. The largest absolute Gasteiger partial charge is 0.335 e. The normalized spacial score (nSPS) is 36.1. The highest BCUT2D eigenvalue weighted by molar-refractivity contribution is 6.00. The summed E-state index contributed by atoms with van der Waals surface area (Å²) in [6, 6.07) is -1.26. The summed E-state index contributed by atoms with van der Waals surface area (Å²) < 4.78 is 0. The van der Waals surface area contributed by atoms with Crippen LogP contribution in [0.2, 0.25) is 0 Å². The number of fused-ring (bicyclic) bond motifs is 1. The smallest absolute Gasteiger partial charge is 0.323 e. The molecule has 7 nitrogen and oxygen atoms in total. The van der Waals surface area contributed by atoms with Crippen LogP contribution in [0.3, 0.4) is 0 Å². The topological polar surface area (TPSA) is 99.3 Å². The quantitative estimate of drug-likeness (QED) is 0.380. The molecule has 0 aliphatic carbocycles. The average molecular weight is 198 g/mol. The van der Waals surface area contributed by atoms with Crippen LogP contribution < -0.4 is 21.3 Å². The molecule has 0 radical (unpaired) electrons. The Hall–Kier alpha value is -1.79. The number of rotatable bonds is 0. The van der Waals surface area contributed by atoms with Gasteiger partial charge in [-0.2, -0.15) is 0 Å². The van der Waals surface area contributed by atoms with Gasteiger partial charge in [-0.05, 0) is 6.92 Å². The number of imide groups is 1. The average Bonchev–Trinajstić information content (AvgIpc) is 1.99. The van der Waals surface area contributed by atoms with E-state index in [1.807, 2.05) is 0 Å². The molecule has 0 aromatic heterocycles. The van der Waals surface area contributed by atoms with Crippen LogP contribution in [-0.2, 0) is 4.79 Å². The maximum Gasteiger partial charge on any atom is 0.323 e. The zero-order valence-electron chi connectivity index (χ0n) is 7.46. The van der Waals surface area contributed by atoms with Crippen molar-refractivity contribution in [1.82, 2.24) is 21.3 Å². The first-order valence-electron chi connectivity index (χ1n) is 4.26. The molecule has 2 heterocycles. The van der Waals surface area contributed by atoms with Crippen molar-refractivity contribution in [3.05, 3.63) is 0 Å². The van der Waals surface area contributed by atoms with Gasteiger partial charge in [0.1, 0.15) is 6.17 Å². The van der Waals surface area contributed by atoms with Gasteiger partial charge in [0.25, 0.3) is 0 Å². The van der Waals surface area contributed by atoms with E-state index in [-0.39, 0.29) is 18.0 Å². The molecule has 5 amide bonds. The van der Waals surface area contributed by atoms with E-state index >= 15 is 0 Å². The van der Waals surface area contributed by atoms with Crippen molar-refractivity contribution < 1.29 is 14.4 Å². The third-order valence-corrected chi connectivity index (χ3v) is 2.37. The van der Waals surface area contributed by atoms with Crippen molar-refractivity contribution in [3.63, 3.8) is 0 Å². The van der Waals surface area contributed by atoms with E-state index in [1.165, 1.54) is 0 Å². The van der Waals surface area contributed by atoms with E-state index in [0.29, 0.717) is 0 Å². The van der Waals surface area contributed by atoms with Crippen LogP contribution in [0.25, 0.3) is 0 Å². The standard InChI is InChI=1S/C7H10N4O3/c1-2-3-4(9-6(13)8-2)10-7(14)11-5(3)12/h2-4H,1H3,(H2,8,9,13)(H2,10,11,12,14). The molecular weight excluding hydrogens is 188 g/mol. The lowest BCUT2D eigenvalue weighted by Crippen LogP contribution is -2.72. The Bertz CT molecular complexity index is 314. The Morgan fingerprint density at radius 1 is 1.00 bits per heavy atom. The number of urea groups is 2. The highest BCUT2D eigenvalue weighted by Gasteiger charge is 2.43. The molecule has 2 aliphatic rings. The third-order valence-electron chi connectivity index (χ3n) is 2.37.